The number of ether oxygens (including phenoxy) is 1. The highest BCUT2D eigenvalue weighted by Crippen LogP contribution is 2.28. The lowest BCUT2D eigenvalue weighted by Gasteiger charge is -2.07. The predicted octanol–water partition coefficient (Wildman–Crippen LogP) is 3.19. The van der Waals surface area contributed by atoms with Gasteiger partial charge in [-0.1, -0.05) is 11.6 Å². The van der Waals surface area contributed by atoms with Crippen molar-refractivity contribution in [3.63, 3.8) is 0 Å². The van der Waals surface area contributed by atoms with Crippen molar-refractivity contribution >= 4 is 5.69 Å². The summed E-state index contributed by atoms with van der Waals surface area (Å²) in [4.78, 5) is 10.7. The molecular weight excluding hydrogens is 256 g/mol. The zero-order valence-corrected chi connectivity index (χ0v) is 11.9. The summed E-state index contributed by atoms with van der Waals surface area (Å²) in [5.41, 5.74) is 2.07. The van der Waals surface area contributed by atoms with Gasteiger partial charge in [0.1, 0.15) is 6.61 Å². The van der Waals surface area contributed by atoms with Crippen LogP contribution in [-0.2, 0) is 6.54 Å². The van der Waals surface area contributed by atoms with E-state index in [1.54, 1.807) is 12.1 Å². The minimum Gasteiger partial charge on any atom is -0.483 e. The van der Waals surface area contributed by atoms with Crippen LogP contribution in [0.2, 0.25) is 0 Å². The fourth-order valence-electron chi connectivity index (χ4n) is 1.79. The van der Waals surface area contributed by atoms with Crippen molar-refractivity contribution in [2.24, 2.45) is 0 Å². The maximum Gasteiger partial charge on any atom is 0.311 e. The Hall–Kier alpha value is -1.88. The number of allylic oxidation sites excluding steroid dienone is 1. The van der Waals surface area contributed by atoms with Crippen molar-refractivity contribution in [2.45, 2.75) is 39.3 Å². The second kappa shape index (κ2) is 6.52. The molecule has 0 radical (unpaired) electrons. The third kappa shape index (κ3) is 4.35. The lowest BCUT2D eigenvalue weighted by Crippen LogP contribution is -2.15. The smallest absolute Gasteiger partial charge is 0.311 e. The van der Waals surface area contributed by atoms with Gasteiger partial charge in [0.05, 0.1) is 4.92 Å². The first-order valence-electron chi connectivity index (χ1n) is 6.83. The van der Waals surface area contributed by atoms with Crippen LogP contribution in [0.5, 0.6) is 5.75 Å². The standard InChI is InChI=1S/C15H20N2O3/c1-11(2)7-8-20-15-6-3-12(9-14(15)17(18)19)10-16-13-4-5-13/h3,6-7,9,13,16H,4-5,8,10H2,1-2H3. The zero-order chi connectivity index (χ0) is 14.5. The fourth-order valence-corrected chi connectivity index (χ4v) is 1.79. The van der Waals surface area contributed by atoms with E-state index < -0.39 is 4.92 Å². The van der Waals surface area contributed by atoms with E-state index in [0.717, 1.165) is 11.1 Å². The number of benzene rings is 1. The number of nitro benzene ring substituents is 1. The van der Waals surface area contributed by atoms with Crippen LogP contribution in [0.4, 0.5) is 5.69 Å². The molecular formula is C15H20N2O3. The van der Waals surface area contributed by atoms with Crippen molar-refractivity contribution in [1.82, 2.24) is 5.32 Å². The Bertz CT molecular complexity index is 518. The molecule has 1 aromatic carbocycles. The Morgan fingerprint density at radius 2 is 2.25 bits per heavy atom. The van der Waals surface area contributed by atoms with Crippen LogP contribution < -0.4 is 10.1 Å². The summed E-state index contributed by atoms with van der Waals surface area (Å²) in [6, 6.07) is 5.73. The van der Waals surface area contributed by atoms with Gasteiger partial charge in [-0.15, -0.1) is 0 Å². The summed E-state index contributed by atoms with van der Waals surface area (Å²) >= 11 is 0. The van der Waals surface area contributed by atoms with Gasteiger partial charge in [-0.25, -0.2) is 0 Å². The average Bonchev–Trinajstić information content (AvgIpc) is 3.20. The van der Waals surface area contributed by atoms with Gasteiger partial charge >= 0.3 is 5.69 Å². The quantitative estimate of drug-likeness (QED) is 0.472. The molecule has 1 aliphatic carbocycles. The van der Waals surface area contributed by atoms with Crippen molar-refractivity contribution < 1.29 is 9.66 Å². The second-order valence-electron chi connectivity index (χ2n) is 5.31. The molecule has 0 unspecified atom stereocenters. The molecule has 0 aromatic heterocycles. The largest absolute Gasteiger partial charge is 0.483 e. The summed E-state index contributed by atoms with van der Waals surface area (Å²) < 4.78 is 5.46. The molecule has 1 fully saturated rings. The number of hydrogen-bond donors (Lipinski definition) is 1. The molecule has 0 amide bonds. The molecule has 0 bridgehead atoms. The van der Waals surface area contributed by atoms with Gasteiger partial charge in [0.25, 0.3) is 0 Å². The first-order valence-corrected chi connectivity index (χ1v) is 6.83. The van der Waals surface area contributed by atoms with Crippen LogP contribution in [0.15, 0.2) is 29.8 Å². The lowest BCUT2D eigenvalue weighted by atomic mass is 10.2. The highest BCUT2D eigenvalue weighted by atomic mass is 16.6. The highest BCUT2D eigenvalue weighted by molar-refractivity contribution is 5.48. The summed E-state index contributed by atoms with van der Waals surface area (Å²) in [7, 11) is 0. The summed E-state index contributed by atoms with van der Waals surface area (Å²) in [5, 5.41) is 14.5. The van der Waals surface area contributed by atoms with Crippen LogP contribution in [0, 0.1) is 10.1 Å². The van der Waals surface area contributed by atoms with Gasteiger partial charge in [0, 0.05) is 18.7 Å². The van der Waals surface area contributed by atoms with E-state index in [1.165, 1.54) is 12.8 Å². The van der Waals surface area contributed by atoms with E-state index >= 15 is 0 Å². The minimum absolute atomic E-state index is 0.0299. The molecule has 20 heavy (non-hydrogen) atoms. The van der Waals surface area contributed by atoms with Crippen molar-refractivity contribution in [3.8, 4) is 5.75 Å². The Balaban J connectivity index is 2.05. The molecule has 108 valence electrons. The van der Waals surface area contributed by atoms with Crippen LogP contribution in [0.25, 0.3) is 0 Å². The summed E-state index contributed by atoms with van der Waals surface area (Å²) in [6.07, 6.45) is 4.30. The van der Waals surface area contributed by atoms with Crippen LogP contribution in [0.1, 0.15) is 32.3 Å². The Morgan fingerprint density at radius 1 is 1.50 bits per heavy atom. The van der Waals surface area contributed by atoms with E-state index in [9.17, 15) is 10.1 Å². The van der Waals surface area contributed by atoms with Crippen molar-refractivity contribution in [1.29, 1.82) is 0 Å². The fraction of sp³-hybridized carbons (Fsp3) is 0.467. The number of nitro groups is 1. The van der Waals surface area contributed by atoms with Crippen LogP contribution in [0.3, 0.4) is 0 Å². The molecule has 2 rings (SSSR count). The van der Waals surface area contributed by atoms with Crippen molar-refractivity contribution in [3.05, 3.63) is 45.5 Å². The molecule has 0 aliphatic heterocycles. The van der Waals surface area contributed by atoms with E-state index in [4.69, 9.17) is 4.74 Å². The number of nitrogens with one attached hydrogen (secondary N) is 1. The normalized spacial score (nSPS) is 13.9. The first-order chi connectivity index (χ1) is 9.56. The monoisotopic (exact) mass is 276 g/mol. The third-order valence-electron chi connectivity index (χ3n) is 3.12. The first kappa shape index (κ1) is 14.5. The Labute approximate surface area is 118 Å². The second-order valence-corrected chi connectivity index (χ2v) is 5.31. The Kier molecular flexibility index (Phi) is 4.74. The number of hydrogen-bond acceptors (Lipinski definition) is 4. The van der Waals surface area contributed by atoms with Crippen LogP contribution in [-0.4, -0.2) is 17.6 Å². The van der Waals surface area contributed by atoms with Gasteiger partial charge in [-0.05, 0) is 44.4 Å². The number of rotatable bonds is 7. The van der Waals surface area contributed by atoms with Gasteiger partial charge in [0.2, 0.25) is 0 Å². The lowest BCUT2D eigenvalue weighted by molar-refractivity contribution is -0.385. The van der Waals surface area contributed by atoms with Gasteiger partial charge < -0.3 is 10.1 Å². The topological polar surface area (TPSA) is 64.4 Å². The minimum atomic E-state index is -0.390. The molecule has 0 heterocycles. The van der Waals surface area contributed by atoms with E-state index in [2.05, 4.69) is 5.32 Å². The molecule has 1 aliphatic rings. The highest BCUT2D eigenvalue weighted by Gasteiger charge is 2.21. The summed E-state index contributed by atoms with van der Waals surface area (Å²) in [6.45, 7) is 4.94. The maximum atomic E-state index is 11.1. The maximum absolute atomic E-state index is 11.1. The number of nitrogens with zero attached hydrogens (tertiary/aromatic N) is 1. The molecule has 5 nitrogen and oxygen atoms in total. The molecule has 5 heteroatoms. The van der Waals surface area contributed by atoms with E-state index in [0.29, 0.717) is 24.9 Å². The molecule has 1 aromatic rings. The Morgan fingerprint density at radius 3 is 2.85 bits per heavy atom. The van der Waals surface area contributed by atoms with E-state index in [-0.39, 0.29) is 5.69 Å². The molecule has 0 saturated heterocycles. The SMILES string of the molecule is CC(C)=CCOc1ccc(CNC2CC2)cc1[N+](=O)[O-]. The molecule has 0 spiro atoms. The van der Waals surface area contributed by atoms with Gasteiger partial charge in [0.15, 0.2) is 5.75 Å². The zero-order valence-electron chi connectivity index (χ0n) is 11.9. The average molecular weight is 276 g/mol. The van der Waals surface area contributed by atoms with Gasteiger partial charge in [-0.2, -0.15) is 0 Å². The third-order valence-corrected chi connectivity index (χ3v) is 3.12. The molecule has 0 atom stereocenters. The predicted molar refractivity (Wildman–Crippen MR) is 77.9 cm³/mol. The van der Waals surface area contributed by atoms with Crippen LogP contribution >= 0.6 is 0 Å². The van der Waals surface area contributed by atoms with Gasteiger partial charge in [-0.3, -0.25) is 10.1 Å². The molecule has 1 saturated carbocycles. The van der Waals surface area contributed by atoms with Crippen molar-refractivity contribution in [2.75, 3.05) is 6.61 Å². The summed E-state index contributed by atoms with van der Waals surface area (Å²) in [5.74, 6) is 0.322. The van der Waals surface area contributed by atoms with E-state index in [1.807, 2.05) is 26.0 Å². The molecule has 1 N–H and O–H groups in total.